The van der Waals surface area contributed by atoms with Gasteiger partial charge in [0.05, 0.1) is 0 Å². The fraction of sp³-hybridized carbons (Fsp3) is 0.105. The number of nitrogens with zero attached hydrogens (tertiary/aromatic N) is 2. The van der Waals surface area contributed by atoms with Crippen molar-refractivity contribution in [3.8, 4) is 0 Å². The molecular formula is C19H17BrN4O. The van der Waals surface area contributed by atoms with Crippen molar-refractivity contribution in [2.75, 3.05) is 10.6 Å². The van der Waals surface area contributed by atoms with Crippen LogP contribution in [-0.4, -0.2) is 15.9 Å². The summed E-state index contributed by atoms with van der Waals surface area (Å²) in [6.07, 6.45) is 0. The fourth-order valence-electron chi connectivity index (χ4n) is 2.30. The Morgan fingerprint density at radius 3 is 2.44 bits per heavy atom. The number of aromatic nitrogens is 2. The molecule has 0 spiro atoms. The molecule has 0 fully saturated rings. The molecule has 1 heterocycles. The Labute approximate surface area is 154 Å². The number of rotatable bonds is 4. The van der Waals surface area contributed by atoms with Crippen LogP contribution >= 0.6 is 15.9 Å². The molecule has 0 saturated carbocycles. The van der Waals surface area contributed by atoms with E-state index < -0.39 is 0 Å². The molecule has 126 valence electrons. The van der Waals surface area contributed by atoms with Crippen molar-refractivity contribution >= 4 is 39.2 Å². The molecule has 3 rings (SSSR count). The second-order valence-electron chi connectivity index (χ2n) is 5.62. The summed E-state index contributed by atoms with van der Waals surface area (Å²) in [4.78, 5) is 21.2. The highest BCUT2D eigenvalue weighted by atomic mass is 79.9. The van der Waals surface area contributed by atoms with Crippen LogP contribution in [0.5, 0.6) is 0 Å². The summed E-state index contributed by atoms with van der Waals surface area (Å²) in [5, 5.41) is 6.01. The van der Waals surface area contributed by atoms with Crippen molar-refractivity contribution in [2.24, 2.45) is 0 Å². The number of amides is 1. The van der Waals surface area contributed by atoms with Gasteiger partial charge in [0.15, 0.2) is 0 Å². The smallest absolute Gasteiger partial charge is 0.274 e. The summed E-state index contributed by atoms with van der Waals surface area (Å²) >= 11 is 3.40. The lowest BCUT2D eigenvalue weighted by molar-refractivity contribution is 0.102. The number of carbonyl (C=O) groups excluding carboxylic acids is 1. The third-order valence-electron chi connectivity index (χ3n) is 3.58. The molecular weight excluding hydrogens is 380 g/mol. The molecule has 2 aromatic carbocycles. The molecule has 0 aliphatic heterocycles. The van der Waals surface area contributed by atoms with Gasteiger partial charge in [-0.3, -0.25) is 4.79 Å². The highest BCUT2D eigenvalue weighted by Crippen LogP contribution is 2.18. The predicted octanol–water partition coefficient (Wildman–Crippen LogP) is 4.85. The fourth-order valence-corrected chi connectivity index (χ4v) is 2.57. The number of nitrogens with one attached hydrogen (secondary N) is 2. The van der Waals surface area contributed by atoms with Crippen LogP contribution in [0.3, 0.4) is 0 Å². The number of halogens is 1. The normalized spacial score (nSPS) is 10.4. The second kappa shape index (κ2) is 7.44. The van der Waals surface area contributed by atoms with E-state index in [1.165, 1.54) is 0 Å². The first-order valence-electron chi connectivity index (χ1n) is 7.76. The van der Waals surface area contributed by atoms with Crippen molar-refractivity contribution in [1.29, 1.82) is 0 Å². The van der Waals surface area contributed by atoms with Gasteiger partial charge in [-0.1, -0.05) is 34.1 Å². The van der Waals surface area contributed by atoms with Crippen LogP contribution in [0.15, 0.2) is 59.1 Å². The van der Waals surface area contributed by atoms with Crippen LogP contribution < -0.4 is 10.6 Å². The molecule has 1 amide bonds. The van der Waals surface area contributed by atoms with Crippen LogP contribution in [0.2, 0.25) is 0 Å². The van der Waals surface area contributed by atoms with Gasteiger partial charge >= 0.3 is 0 Å². The number of carbonyl (C=O) groups is 1. The summed E-state index contributed by atoms with van der Waals surface area (Å²) in [6, 6.07) is 16.9. The van der Waals surface area contributed by atoms with Gasteiger partial charge in [-0.2, -0.15) is 0 Å². The monoisotopic (exact) mass is 396 g/mol. The molecule has 0 bridgehead atoms. The lowest BCUT2D eigenvalue weighted by atomic mass is 10.2. The van der Waals surface area contributed by atoms with E-state index in [1.54, 1.807) is 6.07 Å². The molecule has 25 heavy (non-hydrogen) atoms. The van der Waals surface area contributed by atoms with Crippen LogP contribution in [0.25, 0.3) is 0 Å². The Balaban J connectivity index is 1.82. The van der Waals surface area contributed by atoms with E-state index in [-0.39, 0.29) is 5.91 Å². The lowest BCUT2D eigenvalue weighted by Gasteiger charge is -2.10. The van der Waals surface area contributed by atoms with Gasteiger partial charge in [0.2, 0.25) is 5.95 Å². The topological polar surface area (TPSA) is 66.9 Å². The minimum absolute atomic E-state index is 0.265. The zero-order chi connectivity index (χ0) is 17.8. The van der Waals surface area contributed by atoms with Gasteiger partial charge in [-0.15, -0.1) is 0 Å². The summed E-state index contributed by atoms with van der Waals surface area (Å²) in [6.45, 7) is 3.78. The van der Waals surface area contributed by atoms with Crippen molar-refractivity contribution in [1.82, 2.24) is 9.97 Å². The quantitative estimate of drug-likeness (QED) is 0.661. The van der Waals surface area contributed by atoms with Crippen molar-refractivity contribution < 1.29 is 4.79 Å². The molecule has 0 unspecified atom stereocenters. The zero-order valence-electron chi connectivity index (χ0n) is 13.9. The molecule has 0 aliphatic rings. The molecule has 2 N–H and O–H groups in total. The SMILES string of the molecule is Cc1cc(C(=O)Nc2ccccc2C)nc(Nc2ccc(Br)cc2)n1. The number of benzene rings is 2. The van der Waals surface area contributed by atoms with E-state index in [1.807, 2.05) is 62.4 Å². The van der Waals surface area contributed by atoms with E-state index in [9.17, 15) is 4.79 Å². The van der Waals surface area contributed by atoms with Gasteiger partial charge in [0, 0.05) is 21.5 Å². The summed E-state index contributed by atoms with van der Waals surface area (Å²) in [5.41, 5.74) is 3.64. The number of anilines is 3. The lowest BCUT2D eigenvalue weighted by Crippen LogP contribution is -2.16. The number of hydrogen-bond acceptors (Lipinski definition) is 4. The molecule has 5 nitrogen and oxygen atoms in total. The van der Waals surface area contributed by atoms with E-state index >= 15 is 0 Å². The third-order valence-corrected chi connectivity index (χ3v) is 4.11. The Kier molecular flexibility index (Phi) is 5.09. The van der Waals surface area contributed by atoms with E-state index in [0.29, 0.717) is 17.3 Å². The maximum atomic E-state index is 12.5. The Bertz CT molecular complexity index is 910. The highest BCUT2D eigenvalue weighted by molar-refractivity contribution is 9.10. The average molecular weight is 397 g/mol. The molecule has 0 saturated heterocycles. The molecule has 6 heteroatoms. The van der Waals surface area contributed by atoms with E-state index in [0.717, 1.165) is 21.4 Å². The third kappa shape index (κ3) is 4.42. The van der Waals surface area contributed by atoms with Crippen molar-refractivity contribution in [3.05, 3.63) is 76.0 Å². The Morgan fingerprint density at radius 2 is 1.72 bits per heavy atom. The first-order valence-corrected chi connectivity index (χ1v) is 8.56. The van der Waals surface area contributed by atoms with E-state index in [4.69, 9.17) is 0 Å². The average Bonchev–Trinajstić information content (AvgIpc) is 2.58. The van der Waals surface area contributed by atoms with Gasteiger partial charge in [-0.25, -0.2) is 9.97 Å². The predicted molar refractivity (Wildman–Crippen MR) is 103 cm³/mol. The van der Waals surface area contributed by atoms with Crippen LogP contribution in [0.4, 0.5) is 17.3 Å². The first-order chi connectivity index (χ1) is 12.0. The van der Waals surface area contributed by atoms with Crippen LogP contribution in [-0.2, 0) is 0 Å². The molecule has 1 aromatic heterocycles. The molecule has 0 radical (unpaired) electrons. The largest absolute Gasteiger partial charge is 0.324 e. The number of aryl methyl sites for hydroxylation is 2. The van der Waals surface area contributed by atoms with Crippen molar-refractivity contribution in [2.45, 2.75) is 13.8 Å². The zero-order valence-corrected chi connectivity index (χ0v) is 15.5. The second-order valence-corrected chi connectivity index (χ2v) is 6.53. The van der Waals surface area contributed by atoms with E-state index in [2.05, 4.69) is 36.5 Å². The minimum Gasteiger partial charge on any atom is -0.324 e. The van der Waals surface area contributed by atoms with Gasteiger partial charge in [0.1, 0.15) is 5.69 Å². The standard InChI is InChI=1S/C19H17BrN4O/c1-12-5-3-4-6-16(12)23-18(25)17-11-13(2)21-19(24-17)22-15-9-7-14(20)8-10-15/h3-11H,1-2H3,(H,23,25)(H,21,22,24). The van der Waals surface area contributed by atoms with Gasteiger partial charge < -0.3 is 10.6 Å². The first kappa shape index (κ1) is 17.1. The molecule has 0 aliphatic carbocycles. The molecule has 0 atom stereocenters. The Hall–Kier alpha value is -2.73. The van der Waals surface area contributed by atoms with Gasteiger partial charge in [0.25, 0.3) is 5.91 Å². The van der Waals surface area contributed by atoms with Crippen LogP contribution in [0, 0.1) is 13.8 Å². The summed E-state index contributed by atoms with van der Waals surface area (Å²) in [5.74, 6) is 0.121. The summed E-state index contributed by atoms with van der Waals surface area (Å²) < 4.78 is 0.988. The summed E-state index contributed by atoms with van der Waals surface area (Å²) in [7, 11) is 0. The minimum atomic E-state index is -0.265. The maximum Gasteiger partial charge on any atom is 0.274 e. The van der Waals surface area contributed by atoms with Crippen LogP contribution in [0.1, 0.15) is 21.7 Å². The molecule has 3 aromatic rings. The highest BCUT2D eigenvalue weighted by Gasteiger charge is 2.12. The maximum absolute atomic E-state index is 12.5. The number of para-hydroxylation sites is 1. The Morgan fingerprint density at radius 1 is 1.00 bits per heavy atom. The van der Waals surface area contributed by atoms with Crippen molar-refractivity contribution in [3.63, 3.8) is 0 Å². The van der Waals surface area contributed by atoms with Gasteiger partial charge in [-0.05, 0) is 55.8 Å². The number of hydrogen-bond donors (Lipinski definition) is 2.